The molecule has 2 aromatic carbocycles. The highest BCUT2D eigenvalue weighted by Gasteiger charge is 2.23. The summed E-state index contributed by atoms with van der Waals surface area (Å²) < 4.78 is 16.8. The van der Waals surface area contributed by atoms with Gasteiger partial charge in [-0.1, -0.05) is 18.2 Å². The zero-order chi connectivity index (χ0) is 19.7. The van der Waals surface area contributed by atoms with Gasteiger partial charge in [-0.25, -0.2) is 0 Å². The van der Waals surface area contributed by atoms with Crippen molar-refractivity contribution in [3.8, 4) is 5.75 Å². The number of furan rings is 2. The molecule has 28 heavy (non-hydrogen) atoms. The van der Waals surface area contributed by atoms with Gasteiger partial charge in [0.1, 0.15) is 23.0 Å². The summed E-state index contributed by atoms with van der Waals surface area (Å²) in [5.74, 6) is 1.31. The van der Waals surface area contributed by atoms with Crippen LogP contribution in [0.2, 0.25) is 0 Å². The van der Waals surface area contributed by atoms with Gasteiger partial charge in [-0.3, -0.25) is 4.79 Å². The molecule has 0 unspecified atom stereocenters. The molecule has 144 valence electrons. The van der Waals surface area contributed by atoms with Gasteiger partial charge in [0.2, 0.25) is 0 Å². The van der Waals surface area contributed by atoms with E-state index in [1.807, 2.05) is 67.7 Å². The molecule has 0 saturated carbocycles. The van der Waals surface area contributed by atoms with Crippen molar-refractivity contribution in [1.82, 2.24) is 0 Å². The van der Waals surface area contributed by atoms with Crippen molar-refractivity contribution in [2.75, 3.05) is 12.4 Å². The first-order chi connectivity index (χ1) is 13.6. The summed E-state index contributed by atoms with van der Waals surface area (Å²) in [4.78, 5) is 12.7. The molecule has 0 radical (unpaired) electrons. The Balaban J connectivity index is 1.57. The number of benzene rings is 2. The van der Waals surface area contributed by atoms with E-state index in [0.29, 0.717) is 17.0 Å². The van der Waals surface area contributed by atoms with Crippen LogP contribution in [0.1, 0.15) is 25.6 Å². The number of carbonyl (C=O) groups is 1. The highest BCUT2D eigenvalue weighted by Crippen LogP contribution is 2.36. The van der Waals surface area contributed by atoms with E-state index in [4.69, 9.17) is 13.6 Å². The van der Waals surface area contributed by atoms with Crippen LogP contribution < -0.4 is 15.4 Å². The van der Waals surface area contributed by atoms with Crippen LogP contribution in [0.5, 0.6) is 5.75 Å². The second-order valence-electron chi connectivity index (χ2n) is 6.92. The Labute approximate surface area is 162 Å². The number of hydrogen-bond donors (Lipinski definition) is 2. The van der Waals surface area contributed by atoms with Gasteiger partial charge < -0.3 is 24.2 Å². The van der Waals surface area contributed by atoms with E-state index in [2.05, 4.69) is 5.32 Å². The first-order valence-corrected chi connectivity index (χ1v) is 9.25. The summed E-state index contributed by atoms with van der Waals surface area (Å²) >= 11 is 0. The number of ether oxygens (including phenoxy) is 1. The van der Waals surface area contributed by atoms with E-state index < -0.39 is 0 Å². The number of fused-ring (bicyclic) bond motifs is 3. The molecule has 0 saturated heterocycles. The van der Waals surface area contributed by atoms with Crippen LogP contribution in [0.4, 0.5) is 5.69 Å². The number of para-hydroxylation sites is 1. The van der Waals surface area contributed by atoms with Crippen LogP contribution in [0, 0.1) is 0 Å². The fourth-order valence-electron chi connectivity index (χ4n) is 3.43. The maximum atomic E-state index is 12.7. The molecule has 2 heterocycles. The van der Waals surface area contributed by atoms with Gasteiger partial charge in [-0.15, -0.1) is 0 Å². The van der Waals surface area contributed by atoms with Crippen LogP contribution in [-0.4, -0.2) is 19.1 Å². The molecular weight excluding hydrogens is 356 g/mol. The number of hydrogen-bond acceptors (Lipinski definition) is 4. The number of nitrogens with one attached hydrogen (secondary N) is 1. The van der Waals surface area contributed by atoms with Crippen LogP contribution >= 0.6 is 0 Å². The zero-order valence-corrected chi connectivity index (χ0v) is 16.1. The van der Waals surface area contributed by atoms with Crippen molar-refractivity contribution in [3.05, 3.63) is 60.6 Å². The van der Waals surface area contributed by atoms with Gasteiger partial charge in [0.05, 0.1) is 19.1 Å². The van der Waals surface area contributed by atoms with E-state index in [1.165, 1.54) is 0 Å². The molecule has 6 nitrogen and oxygen atoms in total. The number of anilines is 1. The topological polar surface area (TPSA) is 81.2 Å². The summed E-state index contributed by atoms with van der Waals surface area (Å²) in [6, 6.07) is 15.0. The van der Waals surface area contributed by atoms with E-state index in [1.54, 1.807) is 13.4 Å². The average Bonchev–Trinajstić information content (AvgIpc) is 3.35. The first-order valence-electron chi connectivity index (χ1n) is 9.25. The molecule has 2 aromatic heterocycles. The maximum Gasteiger partial charge on any atom is 0.282 e. The third kappa shape index (κ3) is 3.34. The van der Waals surface area contributed by atoms with E-state index in [9.17, 15) is 4.79 Å². The molecule has 0 spiro atoms. The van der Waals surface area contributed by atoms with Gasteiger partial charge in [0.25, 0.3) is 5.91 Å². The van der Waals surface area contributed by atoms with Crippen LogP contribution in [0.25, 0.3) is 21.9 Å². The molecule has 0 bridgehead atoms. The highest BCUT2D eigenvalue weighted by molar-refractivity contribution is 6.08. The average molecular weight is 379 g/mol. The lowest BCUT2D eigenvalue weighted by atomic mass is 10.1. The summed E-state index contributed by atoms with van der Waals surface area (Å²) in [5.41, 5.74) is 2.10. The fraction of sp³-hybridized carbons (Fsp3) is 0.227. The Morgan fingerprint density at radius 2 is 1.89 bits per heavy atom. The van der Waals surface area contributed by atoms with E-state index >= 15 is 0 Å². The van der Waals surface area contributed by atoms with Crippen molar-refractivity contribution >= 4 is 33.5 Å². The highest BCUT2D eigenvalue weighted by atomic mass is 16.5. The minimum atomic E-state index is -0.309. The molecular formula is C22H23N2O4+. The predicted octanol–water partition coefficient (Wildman–Crippen LogP) is 3.84. The van der Waals surface area contributed by atoms with Crippen molar-refractivity contribution < 1.29 is 23.7 Å². The lowest BCUT2D eigenvalue weighted by Crippen LogP contribution is -2.91. The molecule has 6 heteroatoms. The van der Waals surface area contributed by atoms with Crippen LogP contribution in [0.15, 0.2) is 63.6 Å². The molecule has 0 aliphatic heterocycles. The maximum absolute atomic E-state index is 12.7. The molecule has 3 N–H and O–H groups in total. The molecule has 4 rings (SSSR count). The van der Waals surface area contributed by atoms with Crippen molar-refractivity contribution in [1.29, 1.82) is 0 Å². The van der Waals surface area contributed by atoms with Gasteiger partial charge in [0.15, 0.2) is 11.8 Å². The third-order valence-corrected chi connectivity index (χ3v) is 4.94. The fourth-order valence-corrected chi connectivity index (χ4v) is 3.43. The van der Waals surface area contributed by atoms with E-state index in [0.717, 1.165) is 22.1 Å². The Morgan fingerprint density at radius 1 is 1.07 bits per heavy atom. The Bertz CT molecular complexity index is 1110. The standard InChI is InChI=1S/C22H22N2O4/c1-13(18-9-6-10-27-18)23-14(2)22(25)24-17-12-20-16(11-21(17)26-3)15-7-4-5-8-19(15)28-20/h4-14,23H,1-3H3,(H,24,25)/p+1/t13-,14-/m0/s1. The van der Waals surface area contributed by atoms with Gasteiger partial charge >= 0.3 is 0 Å². The van der Waals surface area contributed by atoms with Crippen LogP contribution in [-0.2, 0) is 4.79 Å². The number of rotatable bonds is 6. The summed E-state index contributed by atoms with van der Waals surface area (Å²) in [6.45, 7) is 3.87. The molecule has 0 aliphatic carbocycles. The molecule has 0 aliphatic rings. The predicted molar refractivity (Wildman–Crippen MR) is 107 cm³/mol. The van der Waals surface area contributed by atoms with Crippen molar-refractivity contribution in [3.63, 3.8) is 0 Å². The minimum absolute atomic E-state index is 0.0375. The number of carbonyl (C=O) groups excluding carboxylic acids is 1. The Hall–Kier alpha value is -3.25. The number of amides is 1. The zero-order valence-electron chi connectivity index (χ0n) is 16.1. The largest absolute Gasteiger partial charge is 0.495 e. The van der Waals surface area contributed by atoms with Gasteiger partial charge in [-0.2, -0.15) is 0 Å². The van der Waals surface area contributed by atoms with Crippen molar-refractivity contribution in [2.45, 2.75) is 25.9 Å². The monoisotopic (exact) mass is 379 g/mol. The van der Waals surface area contributed by atoms with Gasteiger partial charge in [-0.05, 0) is 38.1 Å². The smallest absolute Gasteiger partial charge is 0.282 e. The second-order valence-corrected chi connectivity index (χ2v) is 6.92. The molecule has 0 fully saturated rings. The quantitative estimate of drug-likeness (QED) is 0.533. The second kappa shape index (κ2) is 7.40. The molecule has 1 amide bonds. The number of nitrogens with two attached hydrogens (primary N) is 1. The number of quaternary nitrogens is 1. The Morgan fingerprint density at radius 3 is 2.64 bits per heavy atom. The van der Waals surface area contributed by atoms with Gasteiger partial charge in [0, 0.05) is 16.8 Å². The minimum Gasteiger partial charge on any atom is -0.495 e. The van der Waals surface area contributed by atoms with E-state index in [-0.39, 0.29) is 18.0 Å². The lowest BCUT2D eigenvalue weighted by Gasteiger charge is -2.16. The summed E-state index contributed by atoms with van der Waals surface area (Å²) in [5, 5.41) is 6.89. The normalized spacial score (nSPS) is 13.5. The molecule has 2 atom stereocenters. The Kier molecular flexibility index (Phi) is 4.79. The van der Waals surface area contributed by atoms with Crippen molar-refractivity contribution in [2.24, 2.45) is 0 Å². The van der Waals surface area contributed by atoms with Crippen LogP contribution in [0.3, 0.4) is 0 Å². The lowest BCUT2D eigenvalue weighted by molar-refractivity contribution is -0.711. The summed E-state index contributed by atoms with van der Waals surface area (Å²) in [7, 11) is 1.59. The SMILES string of the molecule is COc1cc2c(cc1NC(=O)[C@H](C)[NH2+][C@@H](C)c1ccco1)oc1ccccc12. The first kappa shape index (κ1) is 18.1. The summed E-state index contributed by atoms with van der Waals surface area (Å²) in [6.07, 6.45) is 1.64. The third-order valence-electron chi connectivity index (χ3n) is 4.94. The molecule has 4 aromatic rings. The number of methoxy groups -OCH3 is 1.